The van der Waals surface area contributed by atoms with Gasteiger partial charge in [-0.3, -0.25) is 19.2 Å². The lowest BCUT2D eigenvalue weighted by molar-refractivity contribution is -0.141. The minimum Gasteiger partial charge on any atom is -0.480 e. The number of carbonyl (C=O) groups excluding carboxylic acids is 4. The molecular formula is C23H31N7O6S. The summed E-state index contributed by atoms with van der Waals surface area (Å²) in [4.78, 5) is 68.2. The molecule has 200 valence electrons. The van der Waals surface area contributed by atoms with Crippen molar-refractivity contribution < 1.29 is 29.1 Å². The Hall–Kier alpha value is -3.91. The zero-order chi connectivity index (χ0) is 27.4. The highest BCUT2D eigenvalue weighted by Crippen LogP contribution is 2.07. The molecule has 0 aliphatic rings. The summed E-state index contributed by atoms with van der Waals surface area (Å²) >= 11 is 3.91. The van der Waals surface area contributed by atoms with Crippen LogP contribution in [0.25, 0.3) is 0 Å². The molecule has 0 aliphatic carbocycles. The highest BCUT2D eigenvalue weighted by Gasteiger charge is 2.30. The Morgan fingerprint density at radius 3 is 2.14 bits per heavy atom. The van der Waals surface area contributed by atoms with E-state index in [0.717, 1.165) is 5.56 Å². The van der Waals surface area contributed by atoms with Crippen LogP contribution in [0.4, 0.5) is 0 Å². The Kier molecular flexibility index (Phi) is 11.6. The lowest BCUT2D eigenvalue weighted by Crippen LogP contribution is -2.58. The van der Waals surface area contributed by atoms with E-state index < -0.39 is 53.8 Å². The molecule has 2 aromatic rings. The molecule has 2 rings (SSSR count). The number of primary amides is 1. The summed E-state index contributed by atoms with van der Waals surface area (Å²) in [6, 6.07) is 4.11. The van der Waals surface area contributed by atoms with Crippen LogP contribution in [-0.4, -0.2) is 74.6 Å². The van der Waals surface area contributed by atoms with Gasteiger partial charge in [-0.05, 0) is 12.0 Å². The number of carbonyl (C=O) groups is 5. The summed E-state index contributed by atoms with van der Waals surface area (Å²) in [6.45, 7) is 0. The number of H-pyrrole nitrogens is 1. The summed E-state index contributed by atoms with van der Waals surface area (Å²) in [5, 5.41) is 16.6. The molecule has 1 aromatic heterocycles. The Labute approximate surface area is 218 Å². The first kappa shape index (κ1) is 29.3. The van der Waals surface area contributed by atoms with E-state index >= 15 is 0 Å². The van der Waals surface area contributed by atoms with Crippen molar-refractivity contribution >= 4 is 42.2 Å². The maximum Gasteiger partial charge on any atom is 0.327 e. The number of aliphatic carboxylic acids is 1. The number of aromatic nitrogens is 2. The van der Waals surface area contributed by atoms with Gasteiger partial charge in [0, 0.05) is 36.9 Å². The van der Waals surface area contributed by atoms with Crippen LogP contribution in [0.1, 0.15) is 24.1 Å². The third-order valence-electron chi connectivity index (χ3n) is 5.36. The van der Waals surface area contributed by atoms with Gasteiger partial charge in [0.25, 0.3) is 0 Å². The van der Waals surface area contributed by atoms with Crippen molar-refractivity contribution in [1.82, 2.24) is 25.9 Å². The average Bonchev–Trinajstić information content (AvgIpc) is 3.37. The van der Waals surface area contributed by atoms with E-state index in [1.807, 2.05) is 0 Å². The van der Waals surface area contributed by atoms with Gasteiger partial charge in [-0.25, -0.2) is 9.78 Å². The molecule has 4 amide bonds. The standard InChI is InChI=1S/C23H31N7O6S/c24-15(9-14-10-26-12-27-14)20(32)29-17(8-13-4-2-1-3-5-13)22(34)28-16(6-7-19(25)31)21(33)30-18(11-37)23(35)36/h1-5,10,12,15-18,37H,6-9,11,24H2,(H2,25,31)(H,26,27)(H,28,34)(H,29,32)(H,30,33)(H,35,36). The molecule has 0 fully saturated rings. The lowest BCUT2D eigenvalue weighted by Gasteiger charge is -2.25. The SMILES string of the molecule is NC(=O)CCC(NC(=O)C(Cc1ccccc1)NC(=O)C(N)Cc1cnc[nH]1)C(=O)NC(CS)C(=O)O. The molecule has 0 aliphatic heterocycles. The highest BCUT2D eigenvalue weighted by molar-refractivity contribution is 7.80. The first-order valence-corrected chi connectivity index (χ1v) is 12.0. The van der Waals surface area contributed by atoms with Gasteiger partial charge in [0.2, 0.25) is 23.6 Å². The molecule has 37 heavy (non-hydrogen) atoms. The van der Waals surface area contributed by atoms with Gasteiger partial charge >= 0.3 is 5.97 Å². The quantitative estimate of drug-likeness (QED) is 0.122. The summed E-state index contributed by atoms with van der Waals surface area (Å²) in [6.07, 6.45) is 2.77. The number of hydrogen-bond acceptors (Lipinski definition) is 8. The van der Waals surface area contributed by atoms with Crippen LogP contribution in [0.5, 0.6) is 0 Å². The fourth-order valence-electron chi connectivity index (χ4n) is 3.35. The number of rotatable bonds is 15. The molecule has 0 bridgehead atoms. The first-order chi connectivity index (χ1) is 17.6. The molecule has 0 saturated heterocycles. The molecule has 0 radical (unpaired) electrons. The predicted octanol–water partition coefficient (Wildman–Crippen LogP) is -1.74. The predicted molar refractivity (Wildman–Crippen MR) is 136 cm³/mol. The van der Waals surface area contributed by atoms with E-state index in [1.165, 1.54) is 12.5 Å². The lowest BCUT2D eigenvalue weighted by atomic mass is 10.0. The summed E-state index contributed by atoms with van der Waals surface area (Å²) < 4.78 is 0. The number of carboxylic acid groups (broad SMARTS) is 1. The third kappa shape index (κ3) is 9.93. The molecule has 4 atom stereocenters. The third-order valence-corrected chi connectivity index (χ3v) is 5.72. The van der Waals surface area contributed by atoms with Crippen molar-refractivity contribution in [2.45, 2.75) is 49.9 Å². The van der Waals surface area contributed by atoms with Gasteiger partial charge in [-0.2, -0.15) is 12.6 Å². The number of aromatic amines is 1. The number of benzene rings is 1. The molecule has 13 nitrogen and oxygen atoms in total. The van der Waals surface area contributed by atoms with E-state index in [1.54, 1.807) is 30.3 Å². The van der Waals surface area contributed by atoms with Gasteiger partial charge in [-0.15, -0.1) is 0 Å². The van der Waals surface area contributed by atoms with Crippen molar-refractivity contribution in [3.8, 4) is 0 Å². The van der Waals surface area contributed by atoms with E-state index in [-0.39, 0.29) is 31.4 Å². The Balaban J connectivity index is 2.20. The van der Waals surface area contributed by atoms with Crippen molar-refractivity contribution in [1.29, 1.82) is 0 Å². The molecule has 14 heteroatoms. The van der Waals surface area contributed by atoms with Crippen molar-refractivity contribution in [2.75, 3.05) is 5.75 Å². The number of hydrogen-bond donors (Lipinski definition) is 8. The van der Waals surface area contributed by atoms with E-state index in [0.29, 0.717) is 5.69 Å². The number of carboxylic acids is 1. The zero-order valence-electron chi connectivity index (χ0n) is 19.9. The number of nitrogens with zero attached hydrogens (tertiary/aromatic N) is 1. The van der Waals surface area contributed by atoms with Crippen LogP contribution < -0.4 is 27.4 Å². The van der Waals surface area contributed by atoms with E-state index in [2.05, 4.69) is 38.5 Å². The van der Waals surface area contributed by atoms with Gasteiger partial charge in [0.1, 0.15) is 18.1 Å². The minimum atomic E-state index is -1.32. The van der Waals surface area contributed by atoms with Crippen molar-refractivity contribution in [3.63, 3.8) is 0 Å². The Morgan fingerprint density at radius 2 is 1.57 bits per heavy atom. The molecule has 4 unspecified atom stereocenters. The minimum absolute atomic E-state index is 0.0771. The summed E-state index contributed by atoms with van der Waals surface area (Å²) in [5.41, 5.74) is 12.6. The molecule has 1 heterocycles. The monoisotopic (exact) mass is 533 g/mol. The maximum atomic E-state index is 13.3. The van der Waals surface area contributed by atoms with E-state index in [9.17, 15) is 29.1 Å². The second-order valence-corrected chi connectivity index (χ2v) is 8.65. The molecule has 9 N–H and O–H groups in total. The van der Waals surface area contributed by atoms with Crippen LogP contribution in [0.15, 0.2) is 42.9 Å². The van der Waals surface area contributed by atoms with Gasteiger partial charge < -0.3 is 37.5 Å². The van der Waals surface area contributed by atoms with Crippen LogP contribution in [0.2, 0.25) is 0 Å². The fourth-order valence-corrected chi connectivity index (χ4v) is 3.60. The molecular weight excluding hydrogens is 502 g/mol. The second kappa shape index (κ2) is 14.6. The number of amides is 4. The van der Waals surface area contributed by atoms with Crippen LogP contribution in [-0.2, 0) is 36.8 Å². The number of nitrogens with one attached hydrogen (secondary N) is 4. The van der Waals surface area contributed by atoms with Crippen molar-refractivity contribution in [2.24, 2.45) is 11.5 Å². The smallest absolute Gasteiger partial charge is 0.327 e. The van der Waals surface area contributed by atoms with Gasteiger partial charge in [0.05, 0.1) is 12.4 Å². The highest BCUT2D eigenvalue weighted by atomic mass is 32.1. The molecule has 0 saturated carbocycles. The zero-order valence-corrected chi connectivity index (χ0v) is 20.8. The van der Waals surface area contributed by atoms with Crippen LogP contribution in [0, 0.1) is 0 Å². The summed E-state index contributed by atoms with van der Waals surface area (Å²) in [7, 11) is 0. The maximum absolute atomic E-state index is 13.3. The van der Waals surface area contributed by atoms with E-state index in [4.69, 9.17) is 11.5 Å². The average molecular weight is 534 g/mol. The number of thiol groups is 1. The fraction of sp³-hybridized carbons (Fsp3) is 0.391. The van der Waals surface area contributed by atoms with Gasteiger partial charge in [0.15, 0.2) is 0 Å². The largest absolute Gasteiger partial charge is 0.480 e. The second-order valence-electron chi connectivity index (χ2n) is 8.29. The Morgan fingerprint density at radius 1 is 0.946 bits per heavy atom. The number of nitrogens with two attached hydrogens (primary N) is 2. The first-order valence-electron chi connectivity index (χ1n) is 11.4. The van der Waals surface area contributed by atoms with Crippen LogP contribution in [0.3, 0.4) is 0 Å². The summed E-state index contributed by atoms with van der Waals surface area (Å²) in [5.74, 6) is -4.40. The normalized spacial score (nSPS) is 14.0. The van der Waals surface area contributed by atoms with Gasteiger partial charge in [-0.1, -0.05) is 30.3 Å². The topological polar surface area (TPSA) is 222 Å². The molecule has 0 spiro atoms. The number of imidazole rings is 1. The Bertz CT molecular complexity index is 1070. The van der Waals surface area contributed by atoms with Crippen LogP contribution >= 0.6 is 12.6 Å². The molecule has 1 aromatic carbocycles. The van der Waals surface area contributed by atoms with Crippen molar-refractivity contribution in [3.05, 3.63) is 54.1 Å².